The molecule has 0 radical (unpaired) electrons. The van der Waals surface area contributed by atoms with Crippen molar-refractivity contribution in [2.45, 2.75) is 31.8 Å². The molecule has 1 heterocycles. The van der Waals surface area contributed by atoms with Crippen molar-refractivity contribution in [3.05, 3.63) is 29.8 Å². The number of carbonyl (C=O) groups is 1. The van der Waals surface area contributed by atoms with E-state index in [0.29, 0.717) is 13.0 Å². The minimum absolute atomic E-state index is 0.00158. The number of hydrogen-bond acceptors (Lipinski definition) is 3. The molecule has 4 nitrogen and oxygen atoms in total. The molecular weight excluding hydrogens is 216 g/mol. The topological polar surface area (TPSA) is 64.4 Å². The van der Waals surface area contributed by atoms with Gasteiger partial charge in [-0.05, 0) is 13.0 Å². The predicted molar refractivity (Wildman–Crippen MR) is 65.7 cm³/mol. The Balaban J connectivity index is 2.06. The molecule has 3 N–H and O–H groups in total. The molecule has 2 rings (SSSR count). The van der Waals surface area contributed by atoms with Crippen LogP contribution in [0.2, 0.25) is 0 Å². The molecule has 0 spiro atoms. The zero-order valence-electron chi connectivity index (χ0n) is 9.98. The lowest BCUT2D eigenvalue weighted by Gasteiger charge is -2.26. The minimum atomic E-state index is -0.106. The molecule has 0 fully saturated rings. The second-order valence-corrected chi connectivity index (χ2v) is 4.48. The van der Waals surface area contributed by atoms with Gasteiger partial charge in [-0.2, -0.15) is 0 Å². The normalized spacial score (nSPS) is 20.0. The Hall–Kier alpha value is -1.55. The molecule has 1 aromatic rings. The van der Waals surface area contributed by atoms with Gasteiger partial charge >= 0.3 is 0 Å². The summed E-state index contributed by atoms with van der Waals surface area (Å²) in [6, 6.07) is 7.75. The number of rotatable bonds is 3. The average Bonchev–Trinajstić information content (AvgIpc) is 2.28. The standard InChI is InChI=1S/C13H18N2O2/c1-9(14)8-13(16)15-11-6-7-17-12-5-3-2-4-10(11)12/h2-5,9,11H,6-8,14H2,1H3,(H,15,16). The van der Waals surface area contributed by atoms with Crippen molar-refractivity contribution in [2.24, 2.45) is 5.73 Å². The summed E-state index contributed by atoms with van der Waals surface area (Å²) in [4.78, 5) is 11.7. The predicted octanol–water partition coefficient (Wildman–Crippen LogP) is 1.36. The van der Waals surface area contributed by atoms with Gasteiger partial charge in [0.05, 0.1) is 12.6 Å². The fourth-order valence-corrected chi connectivity index (χ4v) is 2.04. The molecule has 2 unspecified atom stereocenters. The van der Waals surface area contributed by atoms with Crippen molar-refractivity contribution in [3.8, 4) is 5.75 Å². The Kier molecular flexibility index (Phi) is 3.64. The molecule has 0 saturated carbocycles. The van der Waals surface area contributed by atoms with E-state index in [4.69, 9.17) is 10.5 Å². The monoisotopic (exact) mass is 234 g/mol. The molecule has 17 heavy (non-hydrogen) atoms. The van der Waals surface area contributed by atoms with Crippen LogP contribution in [-0.2, 0) is 4.79 Å². The molecule has 1 aliphatic rings. The Bertz CT molecular complexity index is 404. The van der Waals surface area contributed by atoms with Crippen LogP contribution in [0.4, 0.5) is 0 Å². The van der Waals surface area contributed by atoms with Crippen LogP contribution < -0.4 is 15.8 Å². The van der Waals surface area contributed by atoms with Crippen LogP contribution in [0.5, 0.6) is 5.75 Å². The zero-order chi connectivity index (χ0) is 12.3. The van der Waals surface area contributed by atoms with Crippen molar-refractivity contribution >= 4 is 5.91 Å². The minimum Gasteiger partial charge on any atom is -0.493 e. The van der Waals surface area contributed by atoms with E-state index in [1.807, 2.05) is 31.2 Å². The summed E-state index contributed by atoms with van der Waals surface area (Å²) < 4.78 is 5.54. The van der Waals surface area contributed by atoms with Gasteiger partial charge in [0.1, 0.15) is 5.75 Å². The summed E-state index contributed by atoms with van der Waals surface area (Å²) in [5.74, 6) is 0.867. The van der Waals surface area contributed by atoms with Gasteiger partial charge in [-0.25, -0.2) is 0 Å². The maximum absolute atomic E-state index is 11.7. The Labute approximate surface area is 101 Å². The van der Waals surface area contributed by atoms with Gasteiger partial charge in [0.2, 0.25) is 5.91 Å². The summed E-state index contributed by atoms with van der Waals surface area (Å²) in [5, 5.41) is 3.01. The first kappa shape index (κ1) is 11.9. The van der Waals surface area contributed by atoms with Crippen molar-refractivity contribution < 1.29 is 9.53 Å². The molecule has 1 amide bonds. The number of hydrogen-bond donors (Lipinski definition) is 2. The number of carbonyl (C=O) groups excluding carboxylic acids is 1. The molecule has 0 bridgehead atoms. The van der Waals surface area contributed by atoms with Gasteiger partial charge in [0, 0.05) is 24.4 Å². The summed E-state index contributed by atoms with van der Waals surface area (Å²) in [6.45, 7) is 2.47. The lowest BCUT2D eigenvalue weighted by molar-refractivity contribution is -0.122. The van der Waals surface area contributed by atoms with E-state index in [9.17, 15) is 4.79 Å². The quantitative estimate of drug-likeness (QED) is 0.830. The third-order valence-electron chi connectivity index (χ3n) is 2.80. The molecule has 0 aliphatic carbocycles. The van der Waals surface area contributed by atoms with Gasteiger partial charge in [0.25, 0.3) is 0 Å². The number of nitrogens with one attached hydrogen (secondary N) is 1. The average molecular weight is 234 g/mol. The SMILES string of the molecule is CC(N)CC(=O)NC1CCOc2ccccc21. The number of ether oxygens (including phenoxy) is 1. The first-order valence-electron chi connectivity index (χ1n) is 5.93. The van der Waals surface area contributed by atoms with Crippen LogP contribution >= 0.6 is 0 Å². The Morgan fingerprint density at radius 3 is 3.12 bits per heavy atom. The lowest BCUT2D eigenvalue weighted by Crippen LogP contribution is -2.35. The van der Waals surface area contributed by atoms with Gasteiger partial charge in [0.15, 0.2) is 0 Å². The van der Waals surface area contributed by atoms with Gasteiger partial charge < -0.3 is 15.8 Å². The number of fused-ring (bicyclic) bond motifs is 1. The highest BCUT2D eigenvalue weighted by Gasteiger charge is 2.22. The summed E-state index contributed by atoms with van der Waals surface area (Å²) in [7, 11) is 0. The highest BCUT2D eigenvalue weighted by atomic mass is 16.5. The van der Waals surface area contributed by atoms with E-state index < -0.39 is 0 Å². The lowest BCUT2D eigenvalue weighted by atomic mass is 10.0. The Morgan fingerprint density at radius 1 is 1.59 bits per heavy atom. The van der Waals surface area contributed by atoms with Gasteiger partial charge in [-0.1, -0.05) is 18.2 Å². The molecule has 1 aromatic carbocycles. The highest BCUT2D eigenvalue weighted by Crippen LogP contribution is 2.31. The summed E-state index contributed by atoms with van der Waals surface area (Å²) in [6.07, 6.45) is 1.17. The van der Waals surface area contributed by atoms with Crippen molar-refractivity contribution in [2.75, 3.05) is 6.61 Å². The van der Waals surface area contributed by atoms with Crippen LogP contribution in [-0.4, -0.2) is 18.6 Å². The Morgan fingerprint density at radius 2 is 2.35 bits per heavy atom. The third-order valence-corrected chi connectivity index (χ3v) is 2.80. The van der Waals surface area contributed by atoms with E-state index >= 15 is 0 Å². The molecule has 1 aliphatic heterocycles. The van der Waals surface area contributed by atoms with E-state index in [0.717, 1.165) is 17.7 Å². The van der Waals surface area contributed by atoms with Crippen LogP contribution in [0.25, 0.3) is 0 Å². The second-order valence-electron chi connectivity index (χ2n) is 4.48. The van der Waals surface area contributed by atoms with Crippen molar-refractivity contribution in [1.29, 1.82) is 0 Å². The van der Waals surface area contributed by atoms with E-state index in [-0.39, 0.29) is 18.0 Å². The van der Waals surface area contributed by atoms with E-state index in [1.165, 1.54) is 0 Å². The molecule has 2 atom stereocenters. The van der Waals surface area contributed by atoms with Crippen molar-refractivity contribution in [3.63, 3.8) is 0 Å². The van der Waals surface area contributed by atoms with Crippen LogP contribution in [0.3, 0.4) is 0 Å². The van der Waals surface area contributed by atoms with Gasteiger partial charge in [-0.3, -0.25) is 4.79 Å². The van der Waals surface area contributed by atoms with Crippen LogP contribution in [0, 0.1) is 0 Å². The summed E-state index contributed by atoms with van der Waals surface area (Å²) >= 11 is 0. The fraction of sp³-hybridized carbons (Fsp3) is 0.462. The number of para-hydroxylation sites is 1. The third kappa shape index (κ3) is 2.97. The number of benzene rings is 1. The highest BCUT2D eigenvalue weighted by molar-refractivity contribution is 5.77. The summed E-state index contributed by atoms with van der Waals surface area (Å²) in [5.41, 5.74) is 6.66. The van der Waals surface area contributed by atoms with Crippen LogP contribution in [0.15, 0.2) is 24.3 Å². The zero-order valence-corrected chi connectivity index (χ0v) is 9.98. The largest absolute Gasteiger partial charge is 0.493 e. The molecule has 0 saturated heterocycles. The van der Waals surface area contributed by atoms with Crippen molar-refractivity contribution in [1.82, 2.24) is 5.32 Å². The maximum Gasteiger partial charge on any atom is 0.222 e. The van der Waals surface area contributed by atoms with E-state index in [1.54, 1.807) is 0 Å². The molecule has 4 heteroatoms. The molecule has 0 aromatic heterocycles. The molecule has 92 valence electrons. The second kappa shape index (κ2) is 5.19. The molecular formula is C13H18N2O2. The number of nitrogens with two attached hydrogens (primary N) is 1. The first-order valence-corrected chi connectivity index (χ1v) is 5.93. The smallest absolute Gasteiger partial charge is 0.222 e. The van der Waals surface area contributed by atoms with E-state index in [2.05, 4.69) is 5.32 Å². The fourth-order valence-electron chi connectivity index (χ4n) is 2.04. The maximum atomic E-state index is 11.7. The van der Waals surface area contributed by atoms with Crippen LogP contribution in [0.1, 0.15) is 31.4 Å². The first-order chi connectivity index (χ1) is 8.16. The number of amides is 1. The van der Waals surface area contributed by atoms with Gasteiger partial charge in [-0.15, -0.1) is 0 Å².